The van der Waals surface area contributed by atoms with E-state index in [0.717, 1.165) is 21.0 Å². The van der Waals surface area contributed by atoms with Gasteiger partial charge in [-0.1, -0.05) is 39.0 Å². The molecule has 17 heteroatoms. The Balaban J connectivity index is 0.00000222. The number of hydrogen-bond acceptors (Lipinski definition) is 15. The molecule has 1 amide bonds. The van der Waals surface area contributed by atoms with Gasteiger partial charge in [0.2, 0.25) is 6.79 Å². The van der Waals surface area contributed by atoms with E-state index in [4.69, 9.17) is 28.8 Å². The Morgan fingerprint density at radius 2 is 1.44 bits per heavy atom. The molecule has 0 saturated carbocycles. The maximum Gasteiger partial charge on any atom is 0.313 e. The van der Waals surface area contributed by atoms with Crippen molar-refractivity contribution >= 4 is 40.9 Å². The largest absolute Gasteiger partial charge is 0.505 e. The van der Waals surface area contributed by atoms with Crippen LogP contribution >= 0.6 is 0 Å². The molecule has 0 fully saturated rings. The van der Waals surface area contributed by atoms with Gasteiger partial charge in [0.25, 0.3) is 11.9 Å². The number of carbonyl (C=O) groups is 5. The Labute approximate surface area is 341 Å². The number of phenols is 1. The van der Waals surface area contributed by atoms with Crippen molar-refractivity contribution in [1.82, 2.24) is 0 Å². The lowest BCUT2D eigenvalue weighted by Gasteiger charge is -2.39. The summed E-state index contributed by atoms with van der Waals surface area (Å²) in [5.74, 6) is -9.51. The van der Waals surface area contributed by atoms with Crippen LogP contribution in [0.2, 0.25) is 0 Å². The van der Waals surface area contributed by atoms with Crippen LogP contribution in [0.5, 0.6) is 11.5 Å². The minimum absolute atomic E-state index is 0.00256. The first-order valence-electron chi connectivity index (χ1n) is 18.7. The zero-order chi connectivity index (χ0) is 45.0. The van der Waals surface area contributed by atoms with Crippen molar-refractivity contribution in [3.8, 4) is 11.5 Å². The Morgan fingerprint density at radius 1 is 0.881 bits per heavy atom. The molecular formula is C42H55NO16. The van der Waals surface area contributed by atoms with Crippen LogP contribution in [0.1, 0.15) is 83.8 Å². The third kappa shape index (κ3) is 10.1. The molecule has 17 nitrogen and oxygen atoms in total. The second-order valence-electron chi connectivity index (χ2n) is 15.2. The van der Waals surface area contributed by atoms with Crippen LogP contribution < -0.4 is 10.1 Å². The number of nitrogens with one attached hydrogen (secondary N) is 1. The van der Waals surface area contributed by atoms with Crippen LogP contribution in [0.4, 0.5) is 5.69 Å². The number of anilines is 1. The predicted octanol–water partition coefficient (Wildman–Crippen LogP) is 3.20. The van der Waals surface area contributed by atoms with Gasteiger partial charge in [0, 0.05) is 53.9 Å². The van der Waals surface area contributed by atoms with Gasteiger partial charge in [0.05, 0.1) is 48.3 Å². The highest BCUT2D eigenvalue weighted by Gasteiger charge is 2.47. The van der Waals surface area contributed by atoms with E-state index in [1.807, 2.05) is 0 Å². The zero-order valence-corrected chi connectivity index (χ0v) is 34.9. The molecular weight excluding hydrogens is 774 g/mol. The lowest BCUT2D eigenvalue weighted by atomic mass is 9.75. The first-order valence-corrected chi connectivity index (χ1v) is 18.7. The average molecular weight is 830 g/mol. The fourth-order valence-electron chi connectivity index (χ4n) is 7.28. The summed E-state index contributed by atoms with van der Waals surface area (Å²) in [5, 5.41) is 79.2. The minimum Gasteiger partial charge on any atom is -0.505 e. The Bertz CT molecular complexity index is 2020. The number of amides is 1. The number of Topliss-reactive ketones (excluding diaryl/α,β-unsaturated/α-hetero) is 1. The number of esters is 2. The molecule has 4 bridgehead atoms. The summed E-state index contributed by atoms with van der Waals surface area (Å²) in [5.41, 5.74) is -2.34. The van der Waals surface area contributed by atoms with Crippen molar-refractivity contribution in [1.29, 1.82) is 0 Å². The lowest BCUT2D eigenvalue weighted by Crippen LogP contribution is -2.53. The molecule has 9 atom stereocenters. The summed E-state index contributed by atoms with van der Waals surface area (Å²) in [6, 6.07) is 0. The highest BCUT2D eigenvalue weighted by atomic mass is 16.7. The second-order valence-corrected chi connectivity index (χ2v) is 15.2. The van der Waals surface area contributed by atoms with E-state index < -0.39 is 95.8 Å². The Morgan fingerprint density at radius 3 is 2.00 bits per heavy atom. The Kier molecular flexibility index (Phi) is 15.6. The number of allylic oxidation sites excluding steroid dienone is 5. The third-order valence-corrected chi connectivity index (χ3v) is 10.6. The van der Waals surface area contributed by atoms with Crippen molar-refractivity contribution in [2.45, 2.75) is 99.3 Å². The van der Waals surface area contributed by atoms with Gasteiger partial charge in [-0.25, -0.2) is 0 Å². The average Bonchev–Trinajstić information content (AvgIpc) is 3.16. The topological polar surface area (TPSA) is 276 Å². The molecule has 8 N–H and O–H groups in total. The van der Waals surface area contributed by atoms with Crippen molar-refractivity contribution < 1.29 is 78.7 Å². The molecule has 1 aromatic rings. The van der Waals surface area contributed by atoms with E-state index in [1.165, 1.54) is 66.7 Å². The molecule has 0 spiro atoms. The maximum atomic E-state index is 14.0. The van der Waals surface area contributed by atoms with E-state index in [2.05, 4.69) is 5.32 Å². The fourth-order valence-corrected chi connectivity index (χ4v) is 7.28. The number of carboxylic acid groups (broad SMARTS) is 1. The first-order chi connectivity index (χ1) is 27.3. The molecule has 0 saturated heterocycles. The number of rotatable bonds is 2. The van der Waals surface area contributed by atoms with Crippen LogP contribution in [0.25, 0.3) is 5.57 Å². The molecule has 4 aliphatic rings. The molecule has 0 aromatic heterocycles. The highest BCUT2D eigenvalue weighted by molar-refractivity contribution is 6.21. The van der Waals surface area contributed by atoms with Gasteiger partial charge >= 0.3 is 11.9 Å². The Hall–Kier alpha value is -5.33. The third-order valence-electron chi connectivity index (χ3n) is 10.6. The number of benzene rings is 1. The predicted molar refractivity (Wildman–Crippen MR) is 211 cm³/mol. The quantitative estimate of drug-likeness (QED) is 0.121. The van der Waals surface area contributed by atoms with Gasteiger partial charge in [-0.2, -0.15) is 0 Å². The molecule has 9 unspecified atom stereocenters. The number of carboxylic acids is 1. The number of aliphatic hydroxyl groups excluding tert-OH is 4. The monoisotopic (exact) mass is 829 g/mol. The zero-order valence-electron chi connectivity index (χ0n) is 34.9. The molecule has 324 valence electrons. The molecule has 0 radical (unpaired) electrons. The molecule has 59 heavy (non-hydrogen) atoms. The van der Waals surface area contributed by atoms with Crippen molar-refractivity contribution in [2.24, 2.45) is 23.7 Å². The summed E-state index contributed by atoms with van der Waals surface area (Å²) in [6.45, 7) is 13.4. The molecule has 5 rings (SSSR count). The molecule has 1 aromatic carbocycles. The van der Waals surface area contributed by atoms with Gasteiger partial charge in [0.15, 0.2) is 11.5 Å². The number of aliphatic carboxylic acids is 1. The van der Waals surface area contributed by atoms with Gasteiger partial charge in [0.1, 0.15) is 28.8 Å². The summed E-state index contributed by atoms with van der Waals surface area (Å²) in [7, 11) is 1.06. The number of aliphatic hydroxyl groups is 5. The van der Waals surface area contributed by atoms with Crippen molar-refractivity contribution in [2.75, 3.05) is 19.2 Å². The number of fused-ring (bicyclic) bond motifs is 14. The van der Waals surface area contributed by atoms with Crippen molar-refractivity contribution in [3.63, 3.8) is 0 Å². The second kappa shape index (κ2) is 19.2. The highest BCUT2D eigenvalue weighted by Crippen LogP contribution is 2.53. The number of methoxy groups -OCH3 is 1. The van der Waals surface area contributed by atoms with E-state index in [9.17, 15) is 49.8 Å². The molecule has 3 heterocycles. The van der Waals surface area contributed by atoms with Gasteiger partial charge < -0.3 is 60.0 Å². The number of phenolic OH excluding ortho intramolecular Hbond substituents is 1. The van der Waals surface area contributed by atoms with E-state index >= 15 is 0 Å². The maximum absolute atomic E-state index is 14.0. The number of aromatic hydroxyl groups is 1. The molecule has 1 aliphatic carbocycles. The summed E-state index contributed by atoms with van der Waals surface area (Å²) >= 11 is 0. The fraction of sp³-hybridized carbons (Fsp3) is 0.500. The number of ketones is 1. The van der Waals surface area contributed by atoms with E-state index in [-0.39, 0.29) is 61.9 Å². The van der Waals surface area contributed by atoms with Crippen LogP contribution in [0, 0.1) is 30.6 Å². The van der Waals surface area contributed by atoms with Crippen LogP contribution in [0.15, 0.2) is 52.5 Å². The van der Waals surface area contributed by atoms with Gasteiger partial charge in [-0.15, -0.1) is 0 Å². The van der Waals surface area contributed by atoms with Gasteiger partial charge in [-0.3, -0.25) is 24.0 Å². The standard InChI is InChI=1S/C40H51NO14.C2H4O2/c1-16-12-11-13-17(2)38(49)41-28-19(4)36(55-23(8)42)24-25(33(28)47)31(45)21(6)35-26(24)34(53-15-54-35)18(3)14-40(9,51)37(48)22(7)32(46)27(39(50)52-10)30(44)20(5)29(16)43;1-2(3)4/h11-14,16,20,22,27,29-30,32,37,43-44,46-48,51H,15H2,1-10H3,(H,41,49);1H3,(H,3,4)/b12-11-,17-13+,18-14+;. The van der Waals surface area contributed by atoms with Crippen LogP contribution in [0.3, 0.4) is 0 Å². The van der Waals surface area contributed by atoms with Crippen molar-refractivity contribution in [3.05, 3.63) is 69.2 Å². The summed E-state index contributed by atoms with van der Waals surface area (Å²) < 4.78 is 22.3. The minimum atomic E-state index is -2.17. The van der Waals surface area contributed by atoms with Crippen LogP contribution in [-0.2, 0) is 33.4 Å². The van der Waals surface area contributed by atoms with E-state index in [1.54, 1.807) is 13.0 Å². The molecule has 3 aliphatic heterocycles. The number of carbonyl (C=O) groups excluding carboxylic acids is 4. The summed E-state index contributed by atoms with van der Waals surface area (Å²) in [4.78, 5) is 62.0. The van der Waals surface area contributed by atoms with Gasteiger partial charge in [-0.05, 0) is 46.3 Å². The smallest absolute Gasteiger partial charge is 0.313 e. The SMILES string of the molecule is CC(=O)O.COC(=O)C1C(O)C(C)C(O)C(C)/C=C\C=C(/C)C(=O)Nc2c(C)c(OC(C)=O)c3c(c2O)C(=O)C(C)=C2OCOC(=C23)/C(C)=C/C(C)(O)C(O)C(C)C1O. The lowest BCUT2D eigenvalue weighted by molar-refractivity contribution is -0.168. The number of hydrogen-bond donors (Lipinski definition) is 8. The summed E-state index contributed by atoms with van der Waals surface area (Å²) in [6.07, 6.45) is -0.878. The van der Waals surface area contributed by atoms with Crippen LogP contribution in [-0.4, -0.2) is 109 Å². The van der Waals surface area contributed by atoms with E-state index in [0.29, 0.717) is 0 Å². The first kappa shape index (κ1) is 48.0. The number of ether oxygens (including phenoxy) is 4. The normalized spacial score (nSPS) is 31.5.